The van der Waals surface area contributed by atoms with Crippen LogP contribution in [0.15, 0.2) is 46.9 Å². The molecule has 0 bridgehead atoms. The zero-order valence-electron chi connectivity index (χ0n) is 11.3. The number of hydrogen-bond donors (Lipinski definition) is 0. The molecule has 0 aliphatic rings. The number of fused-ring (bicyclic) bond motifs is 1. The van der Waals surface area contributed by atoms with Crippen LogP contribution in [0.4, 0.5) is 0 Å². The number of oxazole rings is 1. The molecule has 0 amide bonds. The highest BCUT2D eigenvalue weighted by Gasteiger charge is 2.10. The summed E-state index contributed by atoms with van der Waals surface area (Å²) in [5.74, 6) is 0.652. The lowest BCUT2D eigenvalue weighted by Crippen LogP contribution is -2.05. The third-order valence-corrected chi connectivity index (χ3v) is 3.19. The number of benzene rings is 2. The van der Waals surface area contributed by atoms with Gasteiger partial charge in [-0.2, -0.15) is 0 Å². The molecule has 0 saturated carbocycles. The lowest BCUT2D eigenvalue weighted by atomic mass is 10.2. The Morgan fingerprint density at radius 3 is 2.90 bits per heavy atom. The van der Waals surface area contributed by atoms with Crippen LogP contribution in [0.3, 0.4) is 0 Å². The lowest BCUT2D eigenvalue weighted by Gasteiger charge is -2.00. The van der Waals surface area contributed by atoms with Crippen molar-refractivity contribution >= 4 is 28.7 Å². The first kappa shape index (κ1) is 13.6. The highest BCUT2D eigenvalue weighted by Crippen LogP contribution is 2.28. The van der Waals surface area contributed by atoms with E-state index in [1.807, 2.05) is 12.1 Å². The molecule has 3 rings (SSSR count). The molecule has 2 aromatic carbocycles. The van der Waals surface area contributed by atoms with Crippen LogP contribution in [0, 0.1) is 0 Å². The summed E-state index contributed by atoms with van der Waals surface area (Å²) in [6, 6.07) is 12.4. The summed E-state index contributed by atoms with van der Waals surface area (Å²) in [4.78, 5) is 15.7. The molecule has 0 unspecified atom stereocenters. The van der Waals surface area contributed by atoms with E-state index in [4.69, 9.17) is 20.8 Å². The van der Waals surface area contributed by atoms with Crippen LogP contribution in [-0.2, 0) is 4.79 Å². The fraction of sp³-hybridized carbons (Fsp3) is 0.125. The quantitative estimate of drug-likeness (QED) is 0.529. The Hall–Kier alpha value is -2.33. The minimum atomic E-state index is -0.284. The maximum Gasteiger partial charge on any atom is 0.310 e. The number of aromatic nitrogens is 1. The molecule has 3 aromatic rings. The summed E-state index contributed by atoms with van der Waals surface area (Å²) < 4.78 is 10.8. The maximum atomic E-state index is 11.3. The Balaban J connectivity index is 1.98. The Kier molecular flexibility index (Phi) is 3.62. The van der Waals surface area contributed by atoms with E-state index in [0.717, 1.165) is 5.56 Å². The Bertz CT molecular complexity index is 810. The summed E-state index contributed by atoms with van der Waals surface area (Å²) in [5, 5.41) is 0.618. The fourth-order valence-corrected chi connectivity index (χ4v) is 2.11. The summed E-state index contributed by atoms with van der Waals surface area (Å²) in [6.45, 7) is 1.74. The van der Waals surface area contributed by atoms with E-state index < -0.39 is 0 Å². The third kappa shape index (κ3) is 2.90. The molecule has 5 heteroatoms. The largest absolute Gasteiger partial charge is 0.436 e. The van der Waals surface area contributed by atoms with Gasteiger partial charge in [-0.1, -0.05) is 24.6 Å². The van der Waals surface area contributed by atoms with Crippen molar-refractivity contribution < 1.29 is 13.9 Å². The average molecular weight is 302 g/mol. The molecule has 4 nitrogen and oxygen atoms in total. The number of carbonyl (C=O) groups is 1. The number of carbonyl (C=O) groups excluding carboxylic acids is 1. The number of ether oxygens (including phenoxy) is 1. The highest BCUT2D eigenvalue weighted by molar-refractivity contribution is 6.30. The number of nitrogens with zero attached hydrogens (tertiary/aromatic N) is 1. The van der Waals surface area contributed by atoms with Gasteiger partial charge in [0.25, 0.3) is 0 Å². The molecule has 1 aromatic heterocycles. The fourth-order valence-electron chi connectivity index (χ4n) is 1.92. The van der Waals surface area contributed by atoms with E-state index in [-0.39, 0.29) is 5.97 Å². The lowest BCUT2D eigenvalue weighted by molar-refractivity contribution is -0.134. The van der Waals surface area contributed by atoms with E-state index in [2.05, 4.69) is 4.98 Å². The van der Waals surface area contributed by atoms with Crippen LogP contribution in [0.5, 0.6) is 5.75 Å². The van der Waals surface area contributed by atoms with E-state index in [9.17, 15) is 4.79 Å². The zero-order chi connectivity index (χ0) is 14.8. The molecule has 0 aliphatic heterocycles. The number of rotatable bonds is 3. The van der Waals surface area contributed by atoms with Crippen molar-refractivity contribution in [1.29, 1.82) is 0 Å². The van der Waals surface area contributed by atoms with Crippen LogP contribution in [0.25, 0.3) is 22.6 Å². The summed E-state index contributed by atoms with van der Waals surface area (Å²) in [6.07, 6.45) is 0.324. The number of hydrogen-bond acceptors (Lipinski definition) is 4. The summed E-state index contributed by atoms with van der Waals surface area (Å²) in [5.41, 5.74) is 2.05. The first-order valence-electron chi connectivity index (χ1n) is 6.53. The Labute approximate surface area is 126 Å². The molecule has 106 valence electrons. The second kappa shape index (κ2) is 5.58. The monoisotopic (exact) mass is 301 g/mol. The van der Waals surface area contributed by atoms with E-state index in [1.165, 1.54) is 0 Å². The van der Waals surface area contributed by atoms with E-state index in [1.54, 1.807) is 37.3 Å². The van der Waals surface area contributed by atoms with E-state index >= 15 is 0 Å². The first-order chi connectivity index (χ1) is 10.2. The molecule has 0 aliphatic carbocycles. The van der Waals surface area contributed by atoms with Crippen LogP contribution < -0.4 is 4.74 Å². The van der Waals surface area contributed by atoms with Crippen LogP contribution in [0.2, 0.25) is 5.02 Å². The topological polar surface area (TPSA) is 52.3 Å². The van der Waals surface area contributed by atoms with Crippen molar-refractivity contribution in [2.75, 3.05) is 0 Å². The van der Waals surface area contributed by atoms with Gasteiger partial charge in [-0.15, -0.1) is 0 Å². The van der Waals surface area contributed by atoms with Gasteiger partial charge < -0.3 is 9.15 Å². The SMILES string of the molecule is CCC(=O)Oc1ccc2oc(-c3cccc(Cl)c3)nc2c1. The molecular formula is C16H12ClNO3. The molecule has 0 spiro atoms. The van der Waals surface area contributed by atoms with E-state index in [0.29, 0.717) is 34.2 Å². The molecular weight excluding hydrogens is 290 g/mol. The van der Waals surface area contributed by atoms with Crippen molar-refractivity contribution in [1.82, 2.24) is 4.98 Å². The zero-order valence-corrected chi connectivity index (χ0v) is 12.1. The number of esters is 1. The van der Waals surface area contributed by atoms with Gasteiger partial charge in [0.2, 0.25) is 5.89 Å². The molecule has 0 N–H and O–H groups in total. The van der Waals surface area contributed by atoms with Gasteiger partial charge in [0.15, 0.2) is 5.58 Å². The van der Waals surface area contributed by atoms with Gasteiger partial charge in [-0.05, 0) is 30.3 Å². The summed E-state index contributed by atoms with van der Waals surface area (Å²) in [7, 11) is 0. The molecule has 1 heterocycles. The van der Waals surface area contributed by atoms with Gasteiger partial charge in [-0.25, -0.2) is 4.98 Å². The van der Waals surface area contributed by atoms with Crippen molar-refractivity contribution in [2.45, 2.75) is 13.3 Å². The summed E-state index contributed by atoms with van der Waals surface area (Å²) >= 11 is 5.97. The normalized spacial score (nSPS) is 10.8. The van der Waals surface area contributed by atoms with Crippen molar-refractivity contribution in [2.24, 2.45) is 0 Å². The average Bonchev–Trinajstić information content (AvgIpc) is 2.90. The molecule has 21 heavy (non-hydrogen) atoms. The van der Waals surface area contributed by atoms with Crippen LogP contribution in [-0.4, -0.2) is 11.0 Å². The predicted octanol–water partition coefficient (Wildman–Crippen LogP) is 4.46. The van der Waals surface area contributed by atoms with Gasteiger partial charge in [0.1, 0.15) is 11.3 Å². The minimum Gasteiger partial charge on any atom is -0.436 e. The molecule has 0 saturated heterocycles. The smallest absolute Gasteiger partial charge is 0.310 e. The van der Waals surface area contributed by atoms with Crippen molar-refractivity contribution in [3.05, 3.63) is 47.5 Å². The maximum absolute atomic E-state index is 11.3. The molecule has 0 fully saturated rings. The molecule has 0 radical (unpaired) electrons. The van der Waals surface area contributed by atoms with Gasteiger partial charge in [0, 0.05) is 23.1 Å². The van der Waals surface area contributed by atoms with Crippen molar-refractivity contribution in [3.8, 4) is 17.2 Å². The Morgan fingerprint density at radius 1 is 1.29 bits per heavy atom. The van der Waals surface area contributed by atoms with Gasteiger partial charge in [-0.3, -0.25) is 4.79 Å². The standard InChI is InChI=1S/C16H12ClNO3/c1-2-15(19)20-12-6-7-14-13(9-12)18-16(21-14)10-4-3-5-11(17)8-10/h3-9H,2H2,1H3. The Morgan fingerprint density at radius 2 is 2.14 bits per heavy atom. The van der Waals surface area contributed by atoms with Gasteiger partial charge >= 0.3 is 5.97 Å². The third-order valence-electron chi connectivity index (χ3n) is 2.95. The molecule has 0 atom stereocenters. The first-order valence-corrected chi connectivity index (χ1v) is 6.90. The van der Waals surface area contributed by atoms with Crippen LogP contribution >= 0.6 is 11.6 Å². The van der Waals surface area contributed by atoms with Crippen molar-refractivity contribution in [3.63, 3.8) is 0 Å². The number of halogens is 1. The second-order valence-electron chi connectivity index (χ2n) is 4.49. The van der Waals surface area contributed by atoms with Gasteiger partial charge in [0.05, 0.1) is 0 Å². The second-order valence-corrected chi connectivity index (χ2v) is 4.92. The minimum absolute atomic E-state index is 0.284. The highest BCUT2D eigenvalue weighted by atomic mass is 35.5. The van der Waals surface area contributed by atoms with Crippen LogP contribution in [0.1, 0.15) is 13.3 Å². The predicted molar refractivity (Wildman–Crippen MR) is 80.4 cm³/mol.